The van der Waals surface area contributed by atoms with Crippen molar-refractivity contribution in [2.24, 2.45) is 17.3 Å². The van der Waals surface area contributed by atoms with Gasteiger partial charge in [0.25, 0.3) is 0 Å². The molecule has 2 bridgehead atoms. The topological polar surface area (TPSA) is 46.5 Å². The van der Waals surface area contributed by atoms with Crippen molar-refractivity contribution in [2.45, 2.75) is 77.9 Å². The molecule has 110 valence electrons. The van der Waals surface area contributed by atoms with Crippen molar-refractivity contribution >= 4 is 5.97 Å². The Labute approximate surface area is 116 Å². The van der Waals surface area contributed by atoms with Gasteiger partial charge in [0.15, 0.2) is 0 Å². The second-order valence-corrected chi connectivity index (χ2v) is 7.58. The Morgan fingerprint density at radius 2 is 1.79 bits per heavy atom. The Bertz CT molecular complexity index is 330. The smallest absolute Gasteiger partial charge is 0.312 e. The van der Waals surface area contributed by atoms with Crippen molar-refractivity contribution in [3.63, 3.8) is 0 Å². The van der Waals surface area contributed by atoms with Crippen molar-refractivity contribution in [1.29, 1.82) is 0 Å². The molecule has 2 unspecified atom stereocenters. The molecule has 3 nitrogen and oxygen atoms in total. The van der Waals surface area contributed by atoms with Crippen molar-refractivity contribution in [1.82, 2.24) is 0 Å². The number of fused-ring (bicyclic) bond motifs is 2. The van der Waals surface area contributed by atoms with Crippen LogP contribution in [-0.2, 0) is 9.53 Å². The molecular weight excluding hydrogens is 240 g/mol. The zero-order valence-corrected chi connectivity index (χ0v) is 12.7. The van der Waals surface area contributed by atoms with Gasteiger partial charge in [0.2, 0.25) is 0 Å². The molecule has 0 heterocycles. The van der Waals surface area contributed by atoms with Crippen LogP contribution in [0.3, 0.4) is 0 Å². The molecule has 3 heteroatoms. The summed E-state index contributed by atoms with van der Waals surface area (Å²) in [6.45, 7) is 8.00. The zero-order valence-electron chi connectivity index (χ0n) is 12.7. The molecule has 0 aliphatic heterocycles. The van der Waals surface area contributed by atoms with Crippen LogP contribution in [0, 0.1) is 17.3 Å². The highest BCUT2D eigenvalue weighted by Gasteiger charge is 2.45. The van der Waals surface area contributed by atoms with E-state index in [-0.39, 0.29) is 17.7 Å². The monoisotopic (exact) mass is 268 g/mol. The van der Waals surface area contributed by atoms with Crippen molar-refractivity contribution < 1.29 is 14.6 Å². The first kappa shape index (κ1) is 14.8. The fraction of sp³-hybridized carbons (Fsp3) is 0.938. The fourth-order valence-electron chi connectivity index (χ4n) is 3.76. The molecule has 0 aromatic rings. The molecule has 0 spiro atoms. The van der Waals surface area contributed by atoms with Crippen LogP contribution in [0.1, 0.15) is 66.2 Å². The molecule has 2 saturated carbocycles. The molecule has 2 aliphatic rings. The number of aliphatic hydroxyl groups is 1. The molecule has 1 N–H and O–H groups in total. The number of esters is 1. The number of hydrogen-bond acceptors (Lipinski definition) is 3. The summed E-state index contributed by atoms with van der Waals surface area (Å²) in [5.74, 6) is 0.966. The Hall–Kier alpha value is -0.570. The van der Waals surface area contributed by atoms with Crippen molar-refractivity contribution in [2.75, 3.05) is 0 Å². The van der Waals surface area contributed by atoms with Gasteiger partial charge >= 0.3 is 5.97 Å². The van der Waals surface area contributed by atoms with Gasteiger partial charge in [-0.1, -0.05) is 6.92 Å². The minimum atomic E-state index is -0.394. The lowest BCUT2D eigenvalue weighted by atomic mass is 9.65. The summed E-state index contributed by atoms with van der Waals surface area (Å²) in [6.07, 6.45) is 5.42. The highest BCUT2D eigenvalue weighted by molar-refractivity contribution is 5.76. The lowest BCUT2D eigenvalue weighted by molar-refractivity contribution is -0.178. The molecule has 2 rings (SSSR count). The number of carbonyl (C=O) groups is 1. The van der Waals surface area contributed by atoms with Gasteiger partial charge in [0.05, 0.1) is 11.5 Å². The standard InChI is InChI=1S/C16H28O3/c1-5-15(2,3)14(18)19-16(4)9-11-6-12(10-16)8-13(17)7-11/h11-13,17H,5-10H2,1-4H3. The van der Waals surface area contributed by atoms with E-state index in [1.807, 2.05) is 20.8 Å². The van der Waals surface area contributed by atoms with Crippen molar-refractivity contribution in [3.8, 4) is 0 Å². The van der Waals surface area contributed by atoms with Crippen LogP contribution >= 0.6 is 0 Å². The summed E-state index contributed by atoms with van der Waals surface area (Å²) in [6, 6.07) is 0. The minimum Gasteiger partial charge on any atom is -0.459 e. The highest BCUT2D eigenvalue weighted by atomic mass is 16.6. The van der Waals surface area contributed by atoms with E-state index in [0.29, 0.717) is 11.8 Å². The van der Waals surface area contributed by atoms with Gasteiger partial charge in [0.1, 0.15) is 5.60 Å². The zero-order chi connectivity index (χ0) is 14.3. The summed E-state index contributed by atoms with van der Waals surface area (Å²) in [5.41, 5.74) is -0.716. The van der Waals surface area contributed by atoms with Crippen LogP contribution in [0.4, 0.5) is 0 Å². The number of ether oxygens (including phenoxy) is 1. The van der Waals surface area contributed by atoms with E-state index < -0.39 is 5.41 Å². The molecular formula is C16H28O3. The van der Waals surface area contributed by atoms with E-state index in [9.17, 15) is 9.90 Å². The van der Waals surface area contributed by atoms with Crippen molar-refractivity contribution in [3.05, 3.63) is 0 Å². The number of rotatable bonds is 3. The van der Waals surface area contributed by atoms with Gasteiger partial charge < -0.3 is 9.84 Å². The molecule has 2 aliphatic carbocycles. The second kappa shape index (κ2) is 5.08. The van der Waals surface area contributed by atoms with Crippen LogP contribution in [-0.4, -0.2) is 22.8 Å². The Morgan fingerprint density at radius 3 is 2.26 bits per heavy atom. The van der Waals surface area contributed by atoms with E-state index in [1.165, 1.54) is 6.42 Å². The third kappa shape index (κ3) is 3.31. The maximum absolute atomic E-state index is 12.3. The number of carbonyl (C=O) groups excluding carboxylic acids is 1. The molecule has 19 heavy (non-hydrogen) atoms. The van der Waals surface area contributed by atoms with E-state index in [2.05, 4.69) is 6.92 Å². The Balaban J connectivity index is 2.02. The Morgan fingerprint density at radius 1 is 1.26 bits per heavy atom. The molecule has 0 radical (unpaired) electrons. The van der Waals surface area contributed by atoms with Crippen LogP contribution in [0.15, 0.2) is 0 Å². The van der Waals surface area contributed by atoms with Gasteiger partial charge in [-0.3, -0.25) is 4.79 Å². The first-order chi connectivity index (χ1) is 8.74. The third-order valence-electron chi connectivity index (χ3n) is 5.09. The fourth-order valence-corrected chi connectivity index (χ4v) is 3.76. The maximum Gasteiger partial charge on any atom is 0.312 e. The first-order valence-corrected chi connectivity index (χ1v) is 7.65. The largest absolute Gasteiger partial charge is 0.459 e. The highest BCUT2D eigenvalue weighted by Crippen LogP contribution is 2.46. The molecule has 2 atom stereocenters. The molecule has 0 aromatic heterocycles. The maximum atomic E-state index is 12.3. The average Bonchev–Trinajstić information content (AvgIpc) is 2.26. The molecule has 0 saturated heterocycles. The molecule has 2 fully saturated rings. The summed E-state index contributed by atoms with van der Waals surface area (Å²) >= 11 is 0. The number of hydrogen-bond donors (Lipinski definition) is 1. The minimum absolute atomic E-state index is 0.0713. The van der Waals surface area contributed by atoms with E-state index in [1.54, 1.807) is 0 Å². The van der Waals surface area contributed by atoms with Gasteiger partial charge in [0, 0.05) is 0 Å². The van der Waals surface area contributed by atoms with E-state index in [0.717, 1.165) is 32.1 Å². The lowest BCUT2D eigenvalue weighted by Gasteiger charge is -2.46. The number of aliphatic hydroxyl groups excluding tert-OH is 1. The van der Waals surface area contributed by atoms with E-state index >= 15 is 0 Å². The van der Waals surface area contributed by atoms with Crippen LogP contribution in [0.25, 0.3) is 0 Å². The van der Waals surface area contributed by atoms with Gasteiger partial charge in [-0.2, -0.15) is 0 Å². The predicted molar refractivity (Wildman–Crippen MR) is 74.6 cm³/mol. The van der Waals surface area contributed by atoms with Gasteiger partial charge in [-0.05, 0) is 71.1 Å². The lowest BCUT2D eigenvalue weighted by Crippen LogP contribution is -2.46. The molecule has 0 aromatic carbocycles. The van der Waals surface area contributed by atoms with E-state index in [4.69, 9.17) is 4.74 Å². The second-order valence-electron chi connectivity index (χ2n) is 7.58. The molecule has 0 amide bonds. The van der Waals surface area contributed by atoms with Gasteiger partial charge in [-0.15, -0.1) is 0 Å². The SMILES string of the molecule is CCC(C)(C)C(=O)OC1(C)CC2CC(O)CC(C2)C1. The summed E-state index contributed by atoms with van der Waals surface area (Å²) in [4.78, 5) is 12.3. The summed E-state index contributed by atoms with van der Waals surface area (Å²) in [7, 11) is 0. The third-order valence-corrected chi connectivity index (χ3v) is 5.09. The Kier molecular flexibility index (Phi) is 3.97. The van der Waals surface area contributed by atoms with Crippen LogP contribution in [0.2, 0.25) is 0 Å². The van der Waals surface area contributed by atoms with Crippen LogP contribution in [0.5, 0.6) is 0 Å². The van der Waals surface area contributed by atoms with Crippen LogP contribution < -0.4 is 0 Å². The average molecular weight is 268 g/mol. The quantitative estimate of drug-likeness (QED) is 0.799. The van der Waals surface area contributed by atoms with Gasteiger partial charge in [-0.25, -0.2) is 0 Å². The summed E-state index contributed by atoms with van der Waals surface area (Å²) < 4.78 is 5.89. The predicted octanol–water partition coefficient (Wildman–Crippen LogP) is 3.30. The first-order valence-electron chi connectivity index (χ1n) is 7.65. The summed E-state index contributed by atoms with van der Waals surface area (Å²) in [5, 5.41) is 9.83. The normalized spacial score (nSPS) is 38.9.